The van der Waals surface area contributed by atoms with Crippen LogP contribution in [-0.2, 0) is 6.54 Å². The Balaban J connectivity index is 1.81. The molecular weight excluding hydrogens is 343 g/mol. The van der Waals surface area contributed by atoms with E-state index in [0.29, 0.717) is 17.1 Å². The molecule has 0 saturated carbocycles. The molecule has 8 heteroatoms. The maximum atomic E-state index is 13.7. The molecule has 0 radical (unpaired) electrons. The second-order valence-corrected chi connectivity index (χ2v) is 5.36. The Morgan fingerprint density at radius 1 is 1.04 bits per heavy atom. The van der Waals surface area contributed by atoms with Gasteiger partial charge >= 0.3 is 0 Å². The molecule has 3 aromatic rings. The van der Waals surface area contributed by atoms with Gasteiger partial charge < -0.3 is 16.0 Å². The highest BCUT2D eigenvalue weighted by Gasteiger charge is 2.08. The van der Waals surface area contributed by atoms with Crippen LogP contribution in [0.4, 0.5) is 30.5 Å². The highest BCUT2D eigenvalue weighted by atomic mass is 19.1. The van der Waals surface area contributed by atoms with E-state index in [1.807, 2.05) is 0 Å². The SMILES string of the molecule is N=Cc1cnc(Nc2cccc(F)n2)cc1NCc1cc(F)ccc1F. The zero-order chi connectivity index (χ0) is 18.5. The van der Waals surface area contributed by atoms with E-state index in [-0.39, 0.29) is 17.9 Å². The van der Waals surface area contributed by atoms with Gasteiger partial charge in [-0.05, 0) is 30.3 Å². The number of nitrogens with zero attached hydrogens (tertiary/aromatic N) is 2. The van der Waals surface area contributed by atoms with Crippen molar-refractivity contribution >= 4 is 23.5 Å². The van der Waals surface area contributed by atoms with Gasteiger partial charge in [-0.2, -0.15) is 4.39 Å². The van der Waals surface area contributed by atoms with Gasteiger partial charge in [0.2, 0.25) is 5.95 Å². The van der Waals surface area contributed by atoms with Gasteiger partial charge in [0.05, 0.1) is 0 Å². The largest absolute Gasteiger partial charge is 0.380 e. The molecule has 0 saturated heterocycles. The summed E-state index contributed by atoms with van der Waals surface area (Å²) in [5, 5.41) is 13.2. The van der Waals surface area contributed by atoms with E-state index >= 15 is 0 Å². The predicted molar refractivity (Wildman–Crippen MR) is 93.3 cm³/mol. The van der Waals surface area contributed by atoms with Gasteiger partial charge in [-0.25, -0.2) is 18.7 Å². The average Bonchev–Trinajstić information content (AvgIpc) is 2.62. The van der Waals surface area contributed by atoms with Crippen molar-refractivity contribution in [3.63, 3.8) is 0 Å². The number of anilines is 3. The highest BCUT2D eigenvalue weighted by molar-refractivity contribution is 5.86. The molecule has 5 nitrogen and oxygen atoms in total. The van der Waals surface area contributed by atoms with Gasteiger partial charge in [-0.1, -0.05) is 6.07 Å². The molecule has 0 aliphatic carbocycles. The Hall–Kier alpha value is -3.42. The molecule has 3 N–H and O–H groups in total. The molecule has 0 spiro atoms. The van der Waals surface area contributed by atoms with E-state index in [0.717, 1.165) is 24.4 Å². The lowest BCUT2D eigenvalue weighted by atomic mass is 10.2. The number of pyridine rings is 2. The molecule has 2 aromatic heterocycles. The number of nitrogens with one attached hydrogen (secondary N) is 3. The van der Waals surface area contributed by atoms with Crippen LogP contribution in [0.25, 0.3) is 0 Å². The zero-order valence-electron chi connectivity index (χ0n) is 13.4. The monoisotopic (exact) mass is 357 g/mol. The minimum absolute atomic E-state index is 0.0199. The summed E-state index contributed by atoms with van der Waals surface area (Å²) in [7, 11) is 0. The van der Waals surface area contributed by atoms with Crippen LogP contribution < -0.4 is 10.6 Å². The van der Waals surface area contributed by atoms with Crippen LogP contribution in [0.1, 0.15) is 11.1 Å². The molecule has 0 atom stereocenters. The summed E-state index contributed by atoms with van der Waals surface area (Å²) in [4.78, 5) is 7.80. The quantitative estimate of drug-likeness (QED) is 0.456. The maximum Gasteiger partial charge on any atom is 0.214 e. The van der Waals surface area contributed by atoms with Crippen LogP contribution in [0.2, 0.25) is 0 Å². The number of hydrogen-bond acceptors (Lipinski definition) is 5. The first-order valence-corrected chi connectivity index (χ1v) is 7.63. The van der Waals surface area contributed by atoms with Crippen LogP contribution in [-0.4, -0.2) is 16.2 Å². The zero-order valence-corrected chi connectivity index (χ0v) is 13.4. The van der Waals surface area contributed by atoms with E-state index < -0.39 is 17.6 Å². The lowest BCUT2D eigenvalue weighted by Crippen LogP contribution is -2.06. The Kier molecular flexibility index (Phi) is 5.12. The molecule has 132 valence electrons. The number of halogens is 3. The van der Waals surface area contributed by atoms with Crippen molar-refractivity contribution in [1.29, 1.82) is 5.41 Å². The molecule has 2 heterocycles. The Bertz CT molecular complexity index is 946. The molecule has 0 aliphatic rings. The first-order valence-electron chi connectivity index (χ1n) is 7.63. The third-order valence-electron chi connectivity index (χ3n) is 3.54. The summed E-state index contributed by atoms with van der Waals surface area (Å²) < 4.78 is 40.2. The molecule has 0 fully saturated rings. The second kappa shape index (κ2) is 7.64. The van der Waals surface area contributed by atoms with Crippen molar-refractivity contribution in [1.82, 2.24) is 9.97 Å². The second-order valence-electron chi connectivity index (χ2n) is 5.36. The van der Waals surface area contributed by atoms with Crippen molar-refractivity contribution in [2.45, 2.75) is 6.54 Å². The summed E-state index contributed by atoms with van der Waals surface area (Å²) in [6.45, 7) is 0.0199. The van der Waals surface area contributed by atoms with E-state index in [9.17, 15) is 13.2 Å². The van der Waals surface area contributed by atoms with Gasteiger partial charge in [-0.15, -0.1) is 0 Å². The van der Waals surface area contributed by atoms with Gasteiger partial charge in [0.1, 0.15) is 23.3 Å². The van der Waals surface area contributed by atoms with Crippen molar-refractivity contribution in [3.8, 4) is 0 Å². The van der Waals surface area contributed by atoms with Crippen molar-refractivity contribution < 1.29 is 13.2 Å². The summed E-state index contributed by atoms with van der Waals surface area (Å²) >= 11 is 0. The lowest BCUT2D eigenvalue weighted by Gasteiger charge is -2.12. The van der Waals surface area contributed by atoms with Crippen LogP contribution >= 0.6 is 0 Å². The fraction of sp³-hybridized carbons (Fsp3) is 0.0556. The molecule has 0 amide bonds. The van der Waals surface area contributed by atoms with Crippen LogP contribution in [0, 0.1) is 23.0 Å². The highest BCUT2D eigenvalue weighted by Crippen LogP contribution is 2.21. The summed E-state index contributed by atoms with van der Waals surface area (Å²) in [5.41, 5.74) is 1.09. The Labute approximate surface area is 147 Å². The molecule has 26 heavy (non-hydrogen) atoms. The smallest absolute Gasteiger partial charge is 0.214 e. The topological polar surface area (TPSA) is 73.7 Å². The lowest BCUT2D eigenvalue weighted by molar-refractivity contribution is 0.585. The molecular formula is C18H14F3N5. The minimum atomic E-state index is -0.633. The van der Waals surface area contributed by atoms with Gasteiger partial charge in [0.15, 0.2) is 0 Å². The first-order chi connectivity index (χ1) is 12.5. The van der Waals surface area contributed by atoms with Gasteiger partial charge in [0, 0.05) is 41.8 Å². The Morgan fingerprint density at radius 2 is 1.88 bits per heavy atom. The molecule has 3 rings (SSSR count). The minimum Gasteiger partial charge on any atom is -0.380 e. The van der Waals surface area contributed by atoms with Gasteiger partial charge in [-0.3, -0.25) is 0 Å². The number of rotatable bonds is 6. The third-order valence-corrected chi connectivity index (χ3v) is 3.54. The normalized spacial score (nSPS) is 10.4. The Morgan fingerprint density at radius 3 is 2.65 bits per heavy atom. The predicted octanol–water partition coefficient (Wildman–Crippen LogP) is 4.25. The van der Waals surface area contributed by atoms with E-state index in [1.165, 1.54) is 18.3 Å². The molecule has 1 aromatic carbocycles. The standard InChI is InChI=1S/C18H14F3N5/c19-13-4-5-14(20)11(6-13)9-23-15-7-18(24-10-12(15)8-22)26-17-3-1-2-16(21)25-17/h1-8,10,22H,9H2,(H2,23,24,25,26). The van der Waals surface area contributed by atoms with Crippen molar-refractivity contribution in [2.24, 2.45) is 0 Å². The molecule has 0 bridgehead atoms. The van der Waals surface area contributed by atoms with E-state index in [4.69, 9.17) is 5.41 Å². The summed E-state index contributed by atoms with van der Waals surface area (Å²) in [6.07, 6.45) is 2.51. The van der Waals surface area contributed by atoms with Crippen LogP contribution in [0.5, 0.6) is 0 Å². The third kappa shape index (κ3) is 4.15. The van der Waals surface area contributed by atoms with Crippen LogP contribution in [0.15, 0.2) is 48.7 Å². The van der Waals surface area contributed by atoms with Gasteiger partial charge in [0.25, 0.3) is 0 Å². The summed E-state index contributed by atoms with van der Waals surface area (Å²) in [5.74, 6) is -1.08. The van der Waals surface area contributed by atoms with Crippen molar-refractivity contribution in [2.75, 3.05) is 10.6 Å². The van der Waals surface area contributed by atoms with Crippen LogP contribution in [0.3, 0.4) is 0 Å². The van der Waals surface area contributed by atoms with E-state index in [1.54, 1.807) is 12.1 Å². The summed E-state index contributed by atoms with van der Waals surface area (Å²) in [6, 6.07) is 9.07. The fourth-order valence-corrected chi connectivity index (χ4v) is 2.28. The first kappa shape index (κ1) is 17.4. The maximum absolute atomic E-state index is 13.7. The number of benzene rings is 1. The average molecular weight is 357 g/mol. The number of hydrogen-bond donors (Lipinski definition) is 3. The van der Waals surface area contributed by atoms with Crippen molar-refractivity contribution in [3.05, 3.63) is 77.4 Å². The fourth-order valence-electron chi connectivity index (χ4n) is 2.28. The van der Waals surface area contributed by atoms with E-state index in [2.05, 4.69) is 20.6 Å². The molecule has 0 aliphatic heterocycles. The molecule has 0 unspecified atom stereocenters. The number of aromatic nitrogens is 2.